The quantitative estimate of drug-likeness (QED) is 0.437. The van der Waals surface area contributed by atoms with Gasteiger partial charge >= 0.3 is 0 Å². The van der Waals surface area contributed by atoms with Crippen molar-refractivity contribution in [1.29, 1.82) is 0 Å². The lowest BCUT2D eigenvalue weighted by atomic mass is 10.1. The van der Waals surface area contributed by atoms with Crippen LogP contribution in [0.2, 0.25) is 5.02 Å². The average Bonchev–Trinajstić information content (AvgIpc) is 3.17. The number of hydrogen-bond donors (Lipinski definition) is 1. The molecule has 5 aromatic rings. The van der Waals surface area contributed by atoms with Crippen LogP contribution < -0.4 is 5.32 Å². The van der Waals surface area contributed by atoms with Crippen LogP contribution in [-0.2, 0) is 0 Å². The first kappa shape index (κ1) is 17.4. The van der Waals surface area contributed by atoms with Gasteiger partial charge in [-0.05, 0) is 59.3 Å². The van der Waals surface area contributed by atoms with Crippen molar-refractivity contribution in [2.75, 3.05) is 5.32 Å². The van der Waals surface area contributed by atoms with E-state index >= 15 is 0 Å². The number of amides is 1. The van der Waals surface area contributed by atoms with Gasteiger partial charge in [0.1, 0.15) is 11.0 Å². The van der Waals surface area contributed by atoms with E-state index in [1.807, 2.05) is 72.8 Å². The van der Waals surface area contributed by atoms with E-state index in [0.717, 1.165) is 22.0 Å². The smallest absolute Gasteiger partial charge is 0.255 e. The SMILES string of the molecule is O=C(Nc1ccc2nn(-c3cccc(Cl)c3)nc2c1)c1ccc2ccccc2c1. The van der Waals surface area contributed by atoms with E-state index in [0.29, 0.717) is 21.8 Å². The van der Waals surface area contributed by atoms with E-state index in [9.17, 15) is 4.79 Å². The lowest BCUT2D eigenvalue weighted by Gasteiger charge is -2.06. The Morgan fingerprint density at radius 2 is 1.62 bits per heavy atom. The molecule has 0 atom stereocenters. The molecule has 1 aromatic heterocycles. The van der Waals surface area contributed by atoms with E-state index in [1.165, 1.54) is 4.80 Å². The number of rotatable bonds is 3. The summed E-state index contributed by atoms with van der Waals surface area (Å²) in [4.78, 5) is 14.2. The van der Waals surface area contributed by atoms with E-state index in [1.54, 1.807) is 12.1 Å². The van der Waals surface area contributed by atoms with Crippen molar-refractivity contribution in [2.45, 2.75) is 0 Å². The number of carbonyl (C=O) groups is 1. The second-order valence-electron chi connectivity index (χ2n) is 6.69. The third kappa shape index (κ3) is 3.44. The van der Waals surface area contributed by atoms with Crippen LogP contribution in [0.3, 0.4) is 0 Å². The fourth-order valence-electron chi connectivity index (χ4n) is 3.24. The van der Waals surface area contributed by atoms with Crippen molar-refractivity contribution in [3.8, 4) is 5.69 Å². The fourth-order valence-corrected chi connectivity index (χ4v) is 3.43. The molecule has 0 aliphatic carbocycles. The third-order valence-corrected chi connectivity index (χ3v) is 4.92. The molecule has 6 heteroatoms. The van der Waals surface area contributed by atoms with Crippen LogP contribution in [0.4, 0.5) is 5.69 Å². The normalized spacial score (nSPS) is 11.1. The minimum absolute atomic E-state index is 0.169. The van der Waals surface area contributed by atoms with Crippen LogP contribution in [0, 0.1) is 0 Å². The summed E-state index contributed by atoms with van der Waals surface area (Å²) in [5.41, 5.74) is 3.45. The summed E-state index contributed by atoms with van der Waals surface area (Å²) >= 11 is 6.05. The summed E-state index contributed by atoms with van der Waals surface area (Å²) in [6.07, 6.45) is 0. The van der Waals surface area contributed by atoms with Gasteiger partial charge in [0.25, 0.3) is 5.91 Å². The average molecular weight is 399 g/mol. The second-order valence-corrected chi connectivity index (χ2v) is 7.13. The van der Waals surface area contributed by atoms with Gasteiger partial charge in [-0.3, -0.25) is 4.79 Å². The zero-order chi connectivity index (χ0) is 19.8. The van der Waals surface area contributed by atoms with Crippen LogP contribution >= 0.6 is 11.6 Å². The summed E-state index contributed by atoms with van der Waals surface area (Å²) in [6.45, 7) is 0. The molecule has 4 aromatic carbocycles. The number of hydrogen-bond acceptors (Lipinski definition) is 3. The summed E-state index contributed by atoms with van der Waals surface area (Å²) in [7, 11) is 0. The van der Waals surface area contributed by atoms with Crippen LogP contribution in [0.25, 0.3) is 27.5 Å². The predicted octanol–water partition coefficient (Wildman–Crippen LogP) is 5.48. The summed E-state index contributed by atoms with van der Waals surface area (Å²) in [6, 6.07) is 26.4. The first-order valence-electron chi connectivity index (χ1n) is 9.09. The maximum atomic E-state index is 12.7. The Bertz CT molecular complexity index is 1380. The first-order chi connectivity index (χ1) is 14.2. The Kier molecular flexibility index (Phi) is 4.22. The minimum atomic E-state index is -0.169. The molecule has 0 unspecified atom stereocenters. The van der Waals surface area contributed by atoms with Gasteiger partial charge in [-0.2, -0.15) is 4.80 Å². The lowest BCUT2D eigenvalue weighted by Crippen LogP contribution is -2.11. The van der Waals surface area contributed by atoms with Gasteiger partial charge in [-0.25, -0.2) is 0 Å². The molecule has 0 bridgehead atoms. The molecular formula is C23H15ClN4O. The zero-order valence-electron chi connectivity index (χ0n) is 15.2. The molecule has 0 aliphatic heterocycles. The van der Waals surface area contributed by atoms with Crippen LogP contribution in [0.1, 0.15) is 10.4 Å². The molecule has 0 aliphatic rings. The highest BCUT2D eigenvalue weighted by molar-refractivity contribution is 6.30. The molecule has 0 saturated carbocycles. The van der Waals surface area contributed by atoms with Crippen molar-refractivity contribution < 1.29 is 4.79 Å². The molecule has 1 N–H and O–H groups in total. The third-order valence-electron chi connectivity index (χ3n) is 4.69. The van der Waals surface area contributed by atoms with Gasteiger partial charge in [0, 0.05) is 16.3 Å². The molecule has 0 radical (unpaired) electrons. The molecule has 140 valence electrons. The molecule has 0 spiro atoms. The monoisotopic (exact) mass is 398 g/mol. The van der Waals surface area contributed by atoms with E-state index in [-0.39, 0.29) is 5.91 Å². The van der Waals surface area contributed by atoms with Crippen molar-refractivity contribution in [1.82, 2.24) is 15.0 Å². The standard InChI is InChI=1S/C23H15ClN4O/c24-18-6-3-7-20(13-18)28-26-21-11-10-19(14-22(21)27-28)25-23(29)17-9-8-15-4-1-2-5-16(15)12-17/h1-14H,(H,25,29). The topological polar surface area (TPSA) is 59.8 Å². The van der Waals surface area contributed by atoms with Crippen molar-refractivity contribution in [3.63, 3.8) is 0 Å². The molecule has 5 rings (SSSR count). The Labute approximate surface area is 171 Å². The molecule has 5 nitrogen and oxygen atoms in total. The van der Waals surface area contributed by atoms with Gasteiger partial charge in [0.05, 0.1) is 5.69 Å². The highest BCUT2D eigenvalue weighted by atomic mass is 35.5. The predicted molar refractivity (Wildman–Crippen MR) is 116 cm³/mol. The summed E-state index contributed by atoms with van der Waals surface area (Å²) in [5.74, 6) is -0.169. The van der Waals surface area contributed by atoms with E-state index in [4.69, 9.17) is 11.6 Å². The number of anilines is 1. The number of fused-ring (bicyclic) bond motifs is 2. The number of nitrogens with one attached hydrogen (secondary N) is 1. The largest absolute Gasteiger partial charge is 0.322 e. The van der Waals surface area contributed by atoms with Crippen LogP contribution in [0.5, 0.6) is 0 Å². The van der Waals surface area contributed by atoms with Gasteiger partial charge in [0.15, 0.2) is 0 Å². The highest BCUT2D eigenvalue weighted by Crippen LogP contribution is 2.21. The molecule has 1 amide bonds. The Morgan fingerprint density at radius 3 is 2.48 bits per heavy atom. The van der Waals surface area contributed by atoms with Crippen molar-refractivity contribution >= 4 is 45.0 Å². The molecule has 29 heavy (non-hydrogen) atoms. The zero-order valence-corrected chi connectivity index (χ0v) is 16.0. The van der Waals surface area contributed by atoms with Crippen molar-refractivity contribution in [2.24, 2.45) is 0 Å². The number of benzene rings is 4. The molecule has 0 saturated heterocycles. The summed E-state index contributed by atoms with van der Waals surface area (Å²) in [5, 5.41) is 14.7. The van der Waals surface area contributed by atoms with Gasteiger partial charge in [-0.15, -0.1) is 10.2 Å². The maximum absolute atomic E-state index is 12.7. The lowest BCUT2D eigenvalue weighted by molar-refractivity contribution is 0.102. The fraction of sp³-hybridized carbons (Fsp3) is 0. The Hall–Kier alpha value is -3.70. The maximum Gasteiger partial charge on any atom is 0.255 e. The molecule has 1 heterocycles. The number of aromatic nitrogens is 3. The summed E-state index contributed by atoms with van der Waals surface area (Å²) < 4.78 is 0. The first-order valence-corrected chi connectivity index (χ1v) is 9.47. The van der Waals surface area contributed by atoms with Gasteiger partial charge < -0.3 is 5.32 Å². The van der Waals surface area contributed by atoms with Gasteiger partial charge in [-0.1, -0.05) is 48.0 Å². The van der Waals surface area contributed by atoms with E-state index in [2.05, 4.69) is 15.5 Å². The minimum Gasteiger partial charge on any atom is -0.322 e. The van der Waals surface area contributed by atoms with Crippen molar-refractivity contribution in [3.05, 3.63) is 95.5 Å². The molecule has 0 fully saturated rings. The number of carbonyl (C=O) groups excluding carboxylic acids is 1. The Balaban J connectivity index is 1.43. The number of halogens is 1. The molecular weight excluding hydrogens is 384 g/mol. The van der Waals surface area contributed by atoms with Gasteiger partial charge in [0.2, 0.25) is 0 Å². The van der Waals surface area contributed by atoms with E-state index < -0.39 is 0 Å². The highest BCUT2D eigenvalue weighted by Gasteiger charge is 2.10. The second kappa shape index (κ2) is 7.04. The number of nitrogens with zero attached hydrogens (tertiary/aromatic N) is 3. The van der Waals surface area contributed by atoms with Crippen LogP contribution in [0.15, 0.2) is 84.9 Å². The van der Waals surface area contributed by atoms with Crippen LogP contribution in [-0.4, -0.2) is 20.9 Å². The Morgan fingerprint density at radius 1 is 0.793 bits per heavy atom.